The van der Waals surface area contributed by atoms with E-state index >= 15 is 0 Å². The van der Waals surface area contributed by atoms with Crippen molar-refractivity contribution in [2.75, 3.05) is 5.32 Å². The van der Waals surface area contributed by atoms with Crippen molar-refractivity contribution in [3.63, 3.8) is 0 Å². The fourth-order valence-electron chi connectivity index (χ4n) is 1.85. The number of hydrogen-bond donors (Lipinski definition) is 2. The van der Waals surface area contributed by atoms with Crippen LogP contribution in [0.1, 0.15) is 11.1 Å². The number of fused-ring (bicyclic) bond motifs is 1. The van der Waals surface area contributed by atoms with Gasteiger partial charge in [-0.3, -0.25) is 0 Å². The maximum atomic E-state index is 9.88. The SMILES string of the molecule is OC1Nc2ccccc2/C1=C/c1cnoc1. The van der Waals surface area contributed by atoms with E-state index in [1.807, 2.05) is 30.3 Å². The van der Waals surface area contributed by atoms with Crippen molar-refractivity contribution in [1.82, 2.24) is 5.16 Å². The van der Waals surface area contributed by atoms with Crippen molar-refractivity contribution in [3.05, 3.63) is 47.9 Å². The van der Waals surface area contributed by atoms with E-state index in [9.17, 15) is 5.11 Å². The zero-order chi connectivity index (χ0) is 11.0. The smallest absolute Gasteiger partial charge is 0.151 e. The van der Waals surface area contributed by atoms with E-state index in [1.165, 1.54) is 0 Å². The van der Waals surface area contributed by atoms with E-state index in [2.05, 4.69) is 10.5 Å². The Labute approximate surface area is 92.2 Å². The van der Waals surface area contributed by atoms with Gasteiger partial charge in [-0.05, 0) is 12.1 Å². The number of aliphatic hydroxyl groups is 1. The van der Waals surface area contributed by atoms with Crippen molar-refractivity contribution >= 4 is 17.3 Å². The molecule has 16 heavy (non-hydrogen) atoms. The van der Waals surface area contributed by atoms with Gasteiger partial charge >= 0.3 is 0 Å². The Bertz CT molecular complexity index is 532. The lowest BCUT2D eigenvalue weighted by Crippen LogP contribution is -2.12. The van der Waals surface area contributed by atoms with Crippen LogP contribution in [0.15, 0.2) is 41.2 Å². The van der Waals surface area contributed by atoms with Crippen LogP contribution in [0.25, 0.3) is 11.6 Å². The van der Waals surface area contributed by atoms with Crippen LogP contribution in [0.5, 0.6) is 0 Å². The molecule has 0 amide bonds. The molecule has 0 aliphatic carbocycles. The number of aromatic nitrogens is 1. The third-order valence-electron chi connectivity index (χ3n) is 2.60. The van der Waals surface area contributed by atoms with Crippen molar-refractivity contribution < 1.29 is 9.63 Å². The molecule has 1 aliphatic heterocycles. The number of aliphatic hydroxyl groups excluding tert-OH is 1. The van der Waals surface area contributed by atoms with Gasteiger partial charge in [0.2, 0.25) is 0 Å². The number of anilines is 1. The maximum Gasteiger partial charge on any atom is 0.151 e. The predicted octanol–water partition coefficient (Wildman–Crippen LogP) is 1.96. The van der Waals surface area contributed by atoms with E-state index in [0.29, 0.717) is 0 Å². The lowest BCUT2D eigenvalue weighted by Gasteiger charge is -2.03. The third kappa shape index (κ3) is 1.40. The largest absolute Gasteiger partial charge is 0.369 e. The average Bonchev–Trinajstić information content (AvgIpc) is 2.89. The van der Waals surface area contributed by atoms with Gasteiger partial charge in [-0.2, -0.15) is 0 Å². The van der Waals surface area contributed by atoms with Crippen molar-refractivity contribution in [2.45, 2.75) is 6.23 Å². The van der Waals surface area contributed by atoms with Crippen LogP contribution in [-0.2, 0) is 0 Å². The summed E-state index contributed by atoms with van der Waals surface area (Å²) in [6.07, 6.45) is 4.34. The zero-order valence-electron chi connectivity index (χ0n) is 8.42. The molecule has 1 aliphatic rings. The Morgan fingerprint density at radius 3 is 3.06 bits per heavy atom. The first-order valence-electron chi connectivity index (χ1n) is 4.99. The number of benzene rings is 1. The molecule has 0 saturated carbocycles. The Morgan fingerprint density at radius 1 is 1.38 bits per heavy atom. The fraction of sp³-hybridized carbons (Fsp3) is 0.0833. The summed E-state index contributed by atoms with van der Waals surface area (Å²) >= 11 is 0. The summed E-state index contributed by atoms with van der Waals surface area (Å²) in [5, 5.41) is 16.5. The molecule has 0 fully saturated rings. The topological polar surface area (TPSA) is 58.3 Å². The lowest BCUT2D eigenvalue weighted by atomic mass is 10.1. The number of nitrogens with one attached hydrogen (secondary N) is 1. The molecule has 0 saturated heterocycles. The van der Waals surface area contributed by atoms with E-state index in [0.717, 1.165) is 22.4 Å². The minimum absolute atomic E-state index is 0.674. The normalized spacial score (nSPS) is 20.8. The van der Waals surface area contributed by atoms with E-state index in [4.69, 9.17) is 4.52 Å². The Hall–Kier alpha value is -2.07. The fourth-order valence-corrected chi connectivity index (χ4v) is 1.85. The summed E-state index contributed by atoms with van der Waals surface area (Å²) in [6, 6.07) is 7.78. The molecule has 2 N–H and O–H groups in total. The van der Waals surface area contributed by atoms with Crippen molar-refractivity contribution in [1.29, 1.82) is 0 Å². The van der Waals surface area contributed by atoms with Gasteiger partial charge in [-0.25, -0.2) is 0 Å². The minimum Gasteiger partial charge on any atom is -0.369 e. The second kappa shape index (κ2) is 3.50. The van der Waals surface area contributed by atoms with Gasteiger partial charge in [0.15, 0.2) is 6.23 Å². The second-order valence-corrected chi connectivity index (χ2v) is 3.65. The van der Waals surface area contributed by atoms with Crippen molar-refractivity contribution in [2.24, 2.45) is 0 Å². The molecule has 1 aromatic carbocycles. The number of nitrogens with zero attached hydrogens (tertiary/aromatic N) is 1. The van der Waals surface area contributed by atoms with Gasteiger partial charge < -0.3 is 14.9 Å². The van der Waals surface area contributed by atoms with Gasteiger partial charge in [0.05, 0.1) is 6.20 Å². The molecule has 1 aromatic heterocycles. The summed E-state index contributed by atoms with van der Waals surface area (Å²) in [7, 11) is 0. The lowest BCUT2D eigenvalue weighted by molar-refractivity contribution is 0.266. The average molecular weight is 214 g/mol. The first-order chi connectivity index (χ1) is 7.84. The Morgan fingerprint density at radius 2 is 2.25 bits per heavy atom. The molecule has 3 rings (SSSR count). The summed E-state index contributed by atoms with van der Waals surface area (Å²) in [5.41, 5.74) is 3.63. The molecule has 0 radical (unpaired) electrons. The molecule has 4 nitrogen and oxygen atoms in total. The molecule has 0 bridgehead atoms. The monoisotopic (exact) mass is 214 g/mol. The first-order valence-corrected chi connectivity index (χ1v) is 4.99. The van der Waals surface area contributed by atoms with Gasteiger partial charge in [-0.1, -0.05) is 23.4 Å². The first kappa shape index (κ1) is 9.18. The Balaban J connectivity index is 2.08. The van der Waals surface area contributed by atoms with Crippen LogP contribution < -0.4 is 5.32 Å². The molecular formula is C12H10N2O2. The molecule has 0 spiro atoms. The highest BCUT2D eigenvalue weighted by Gasteiger charge is 2.23. The predicted molar refractivity (Wildman–Crippen MR) is 60.4 cm³/mol. The van der Waals surface area contributed by atoms with Crippen LogP contribution in [0.3, 0.4) is 0 Å². The van der Waals surface area contributed by atoms with Gasteiger partial charge in [0.1, 0.15) is 6.26 Å². The van der Waals surface area contributed by atoms with Crippen LogP contribution in [-0.4, -0.2) is 16.5 Å². The third-order valence-corrected chi connectivity index (χ3v) is 2.60. The standard InChI is InChI=1S/C12H10N2O2/c15-12-10(5-8-6-13-16-7-8)9-3-1-2-4-11(9)14-12/h1-7,12,14-15H/b10-5-. The zero-order valence-corrected chi connectivity index (χ0v) is 8.42. The van der Waals surface area contributed by atoms with Gasteiger partial charge in [-0.15, -0.1) is 0 Å². The number of rotatable bonds is 1. The van der Waals surface area contributed by atoms with Crippen LogP contribution in [0, 0.1) is 0 Å². The molecule has 1 atom stereocenters. The minimum atomic E-state index is -0.674. The molecule has 4 heteroatoms. The van der Waals surface area contributed by atoms with E-state index in [1.54, 1.807) is 12.5 Å². The van der Waals surface area contributed by atoms with Crippen LogP contribution in [0.2, 0.25) is 0 Å². The molecular weight excluding hydrogens is 204 g/mol. The highest BCUT2D eigenvalue weighted by atomic mass is 16.5. The van der Waals surface area contributed by atoms with Gasteiger partial charge in [0.25, 0.3) is 0 Å². The van der Waals surface area contributed by atoms with Crippen LogP contribution in [0.4, 0.5) is 5.69 Å². The summed E-state index contributed by atoms with van der Waals surface area (Å²) in [5.74, 6) is 0. The molecule has 1 unspecified atom stereocenters. The quantitative estimate of drug-likeness (QED) is 0.761. The van der Waals surface area contributed by atoms with Crippen LogP contribution >= 0.6 is 0 Å². The highest BCUT2D eigenvalue weighted by Crippen LogP contribution is 2.34. The molecule has 2 aromatic rings. The summed E-state index contributed by atoms with van der Waals surface area (Å²) in [6.45, 7) is 0. The summed E-state index contributed by atoms with van der Waals surface area (Å²) < 4.78 is 4.75. The number of para-hydroxylation sites is 1. The highest BCUT2D eigenvalue weighted by molar-refractivity contribution is 5.93. The van der Waals surface area contributed by atoms with E-state index < -0.39 is 6.23 Å². The maximum absolute atomic E-state index is 9.88. The second-order valence-electron chi connectivity index (χ2n) is 3.65. The number of hydrogen-bond acceptors (Lipinski definition) is 4. The summed E-state index contributed by atoms with van der Waals surface area (Å²) in [4.78, 5) is 0. The Kier molecular flexibility index (Phi) is 2.01. The molecule has 2 heterocycles. The van der Waals surface area contributed by atoms with E-state index in [-0.39, 0.29) is 0 Å². The molecule has 80 valence electrons. The van der Waals surface area contributed by atoms with Gasteiger partial charge in [0, 0.05) is 22.4 Å². The van der Waals surface area contributed by atoms with Crippen molar-refractivity contribution in [3.8, 4) is 0 Å².